The van der Waals surface area contributed by atoms with Gasteiger partial charge < -0.3 is 10.2 Å². The highest BCUT2D eigenvalue weighted by Gasteiger charge is 2.09. The number of carbonyl (C=O) groups is 2. The van der Waals surface area contributed by atoms with E-state index in [0.717, 1.165) is 38.5 Å². The van der Waals surface area contributed by atoms with Gasteiger partial charge in [0.1, 0.15) is 0 Å². The fraction of sp³-hybridized carbons (Fsp3) is 0.857. The van der Waals surface area contributed by atoms with Crippen LogP contribution in [0.2, 0.25) is 0 Å². The number of aliphatic carboxylic acids is 2. The van der Waals surface area contributed by atoms with Gasteiger partial charge in [0.2, 0.25) is 0 Å². The van der Waals surface area contributed by atoms with Crippen LogP contribution in [0.5, 0.6) is 0 Å². The highest BCUT2D eigenvalue weighted by atomic mass is 16.4. The minimum atomic E-state index is -0.718. The second-order valence-corrected chi connectivity index (χ2v) is 5.38. The first-order valence-electron chi connectivity index (χ1n) is 6.85. The quantitative estimate of drug-likeness (QED) is 0.556. The van der Waals surface area contributed by atoms with Crippen LogP contribution in [0.3, 0.4) is 0 Å². The number of unbranched alkanes of at least 4 members (excludes halogenated alkanes) is 1. The highest BCUT2D eigenvalue weighted by molar-refractivity contribution is 5.67. The molecule has 0 heterocycles. The van der Waals surface area contributed by atoms with Crippen LogP contribution in [0.4, 0.5) is 0 Å². The van der Waals surface area contributed by atoms with Gasteiger partial charge in [-0.1, -0.05) is 46.0 Å². The average molecular weight is 258 g/mol. The van der Waals surface area contributed by atoms with Gasteiger partial charge >= 0.3 is 11.9 Å². The number of carboxylic acids is 2. The van der Waals surface area contributed by atoms with Crippen molar-refractivity contribution in [2.24, 2.45) is 11.8 Å². The van der Waals surface area contributed by atoms with Gasteiger partial charge in [0, 0.05) is 12.8 Å². The second kappa shape index (κ2) is 9.92. The lowest BCUT2D eigenvalue weighted by Crippen LogP contribution is -2.05. The summed E-state index contributed by atoms with van der Waals surface area (Å²) in [6.07, 6.45) is 6.46. The summed E-state index contributed by atoms with van der Waals surface area (Å²) in [7, 11) is 0. The maximum atomic E-state index is 10.5. The zero-order valence-electron chi connectivity index (χ0n) is 11.5. The minimum absolute atomic E-state index is 0.252. The molecule has 0 saturated carbocycles. The van der Waals surface area contributed by atoms with Crippen LogP contribution in [0, 0.1) is 11.8 Å². The van der Waals surface area contributed by atoms with E-state index in [-0.39, 0.29) is 18.8 Å². The van der Waals surface area contributed by atoms with Gasteiger partial charge in [0.05, 0.1) is 0 Å². The number of rotatable bonds is 11. The molecule has 2 N–H and O–H groups in total. The molecule has 0 aromatic rings. The molecular formula is C14H26O4. The molecule has 2 unspecified atom stereocenters. The Morgan fingerprint density at radius 1 is 0.833 bits per heavy atom. The molecule has 0 amide bonds. The molecule has 0 aromatic heterocycles. The molecule has 0 spiro atoms. The van der Waals surface area contributed by atoms with E-state index in [2.05, 4.69) is 6.92 Å². The van der Waals surface area contributed by atoms with Crippen molar-refractivity contribution in [2.45, 2.75) is 65.2 Å². The molecule has 4 heteroatoms. The molecule has 0 aromatic carbocycles. The maximum Gasteiger partial charge on any atom is 0.303 e. The second-order valence-electron chi connectivity index (χ2n) is 5.38. The van der Waals surface area contributed by atoms with Crippen LogP contribution < -0.4 is 0 Å². The van der Waals surface area contributed by atoms with Crippen molar-refractivity contribution >= 4 is 11.9 Å². The summed E-state index contributed by atoms with van der Waals surface area (Å²) in [5.74, 6) is -0.577. The van der Waals surface area contributed by atoms with E-state index in [9.17, 15) is 9.59 Å². The van der Waals surface area contributed by atoms with Gasteiger partial charge in [-0.3, -0.25) is 9.59 Å². The molecule has 0 bridgehead atoms. The fourth-order valence-corrected chi connectivity index (χ4v) is 2.13. The summed E-state index contributed by atoms with van der Waals surface area (Å²) < 4.78 is 0. The van der Waals surface area contributed by atoms with E-state index in [1.54, 1.807) is 0 Å². The zero-order valence-corrected chi connectivity index (χ0v) is 11.5. The molecule has 0 radical (unpaired) electrons. The van der Waals surface area contributed by atoms with Crippen molar-refractivity contribution in [3.05, 3.63) is 0 Å². The number of hydrogen-bond acceptors (Lipinski definition) is 2. The Morgan fingerprint density at radius 3 is 1.94 bits per heavy atom. The van der Waals surface area contributed by atoms with Crippen LogP contribution >= 0.6 is 0 Å². The first-order chi connectivity index (χ1) is 8.41. The average Bonchev–Trinajstić information content (AvgIpc) is 2.23. The largest absolute Gasteiger partial charge is 0.481 e. The number of hydrogen-bond donors (Lipinski definition) is 2. The molecular weight excluding hydrogens is 232 g/mol. The summed E-state index contributed by atoms with van der Waals surface area (Å²) in [6.45, 7) is 4.16. The SMILES string of the molecule is CC(CCCCC(=O)O)CCCC(C)CC(=O)O. The molecule has 0 rings (SSSR count). The lowest BCUT2D eigenvalue weighted by atomic mass is 9.93. The lowest BCUT2D eigenvalue weighted by Gasteiger charge is -2.13. The Bertz CT molecular complexity index is 250. The summed E-state index contributed by atoms with van der Waals surface area (Å²) in [4.78, 5) is 20.8. The Kier molecular flexibility index (Phi) is 9.33. The van der Waals surface area contributed by atoms with Gasteiger partial charge in [-0.15, -0.1) is 0 Å². The van der Waals surface area contributed by atoms with Gasteiger partial charge in [-0.05, 0) is 18.3 Å². The van der Waals surface area contributed by atoms with Crippen LogP contribution in [0.15, 0.2) is 0 Å². The Labute approximate surface area is 109 Å². The van der Waals surface area contributed by atoms with Gasteiger partial charge in [0.15, 0.2) is 0 Å². The summed E-state index contributed by atoms with van der Waals surface area (Å²) in [5.41, 5.74) is 0. The first-order valence-corrected chi connectivity index (χ1v) is 6.85. The van der Waals surface area contributed by atoms with E-state index < -0.39 is 11.9 Å². The summed E-state index contributed by atoms with van der Waals surface area (Å²) in [6, 6.07) is 0. The van der Waals surface area contributed by atoms with Crippen LogP contribution in [-0.4, -0.2) is 22.2 Å². The molecule has 106 valence electrons. The van der Waals surface area contributed by atoms with E-state index in [1.807, 2.05) is 6.92 Å². The van der Waals surface area contributed by atoms with Crippen molar-refractivity contribution in [3.8, 4) is 0 Å². The van der Waals surface area contributed by atoms with Crippen LogP contribution in [0.1, 0.15) is 65.2 Å². The third-order valence-corrected chi connectivity index (χ3v) is 3.25. The lowest BCUT2D eigenvalue weighted by molar-refractivity contribution is -0.138. The van der Waals surface area contributed by atoms with Gasteiger partial charge in [-0.2, -0.15) is 0 Å². The van der Waals surface area contributed by atoms with E-state index in [4.69, 9.17) is 10.2 Å². The molecule has 4 nitrogen and oxygen atoms in total. The fourth-order valence-electron chi connectivity index (χ4n) is 2.13. The summed E-state index contributed by atoms with van der Waals surface area (Å²) in [5, 5.41) is 17.1. The Morgan fingerprint density at radius 2 is 1.39 bits per heavy atom. The Balaban J connectivity index is 3.44. The molecule has 2 atom stereocenters. The zero-order chi connectivity index (χ0) is 14.0. The molecule has 0 fully saturated rings. The van der Waals surface area contributed by atoms with Crippen molar-refractivity contribution < 1.29 is 19.8 Å². The standard InChI is InChI=1S/C14H26O4/c1-11(6-3-4-9-13(15)16)7-5-8-12(2)10-14(17)18/h11-12H,3-10H2,1-2H3,(H,15,16)(H,17,18). The third-order valence-electron chi connectivity index (χ3n) is 3.25. The third kappa shape index (κ3) is 11.4. The Hall–Kier alpha value is -1.06. The first kappa shape index (κ1) is 16.9. The monoisotopic (exact) mass is 258 g/mol. The minimum Gasteiger partial charge on any atom is -0.481 e. The molecule has 18 heavy (non-hydrogen) atoms. The maximum absolute atomic E-state index is 10.5. The van der Waals surface area contributed by atoms with E-state index in [1.165, 1.54) is 0 Å². The predicted octanol–water partition coefficient (Wildman–Crippen LogP) is 3.55. The van der Waals surface area contributed by atoms with Crippen molar-refractivity contribution in [2.75, 3.05) is 0 Å². The molecule has 0 aliphatic rings. The summed E-state index contributed by atoms with van der Waals surface area (Å²) >= 11 is 0. The van der Waals surface area contributed by atoms with Crippen molar-refractivity contribution in [1.29, 1.82) is 0 Å². The van der Waals surface area contributed by atoms with Crippen molar-refractivity contribution in [3.63, 3.8) is 0 Å². The van der Waals surface area contributed by atoms with Crippen LogP contribution in [-0.2, 0) is 9.59 Å². The van der Waals surface area contributed by atoms with E-state index >= 15 is 0 Å². The molecule has 0 saturated heterocycles. The van der Waals surface area contributed by atoms with Crippen molar-refractivity contribution in [1.82, 2.24) is 0 Å². The van der Waals surface area contributed by atoms with Gasteiger partial charge in [-0.25, -0.2) is 0 Å². The molecule has 0 aliphatic carbocycles. The predicted molar refractivity (Wildman–Crippen MR) is 70.5 cm³/mol. The normalized spacial score (nSPS) is 14.1. The number of carboxylic acid groups (broad SMARTS) is 2. The topological polar surface area (TPSA) is 74.6 Å². The molecule has 0 aliphatic heterocycles. The smallest absolute Gasteiger partial charge is 0.303 e. The highest BCUT2D eigenvalue weighted by Crippen LogP contribution is 2.19. The van der Waals surface area contributed by atoms with Gasteiger partial charge in [0.25, 0.3) is 0 Å². The van der Waals surface area contributed by atoms with Crippen LogP contribution in [0.25, 0.3) is 0 Å². The van der Waals surface area contributed by atoms with E-state index in [0.29, 0.717) is 5.92 Å².